The maximum absolute atomic E-state index is 13.1. The monoisotopic (exact) mass is 327 g/mol. The Morgan fingerprint density at radius 2 is 2.25 bits per heavy atom. The van der Waals surface area contributed by atoms with Crippen molar-refractivity contribution in [3.8, 4) is 0 Å². The number of hydrogen-bond donors (Lipinski definition) is 1. The third kappa shape index (κ3) is 4.31. The summed E-state index contributed by atoms with van der Waals surface area (Å²) < 4.78 is 13.1. The van der Waals surface area contributed by atoms with Crippen LogP contribution in [0.1, 0.15) is 25.3 Å². The van der Waals surface area contributed by atoms with Gasteiger partial charge in [0.25, 0.3) is 0 Å². The zero-order valence-electron chi connectivity index (χ0n) is 13.8. The Bertz CT molecular complexity index is 702. The van der Waals surface area contributed by atoms with Crippen molar-refractivity contribution in [2.45, 2.75) is 26.2 Å². The molecule has 0 saturated carbocycles. The average molecular weight is 327 g/mol. The minimum Gasteiger partial charge on any atom is -0.356 e. The van der Waals surface area contributed by atoms with E-state index >= 15 is 0 Å². The van der Waals surface area contributed by atoms with Crippen molar-refractivity contribution in [2.24, 2.45) is 5.92 Å². The molecule has 5 heteroatoms. The molecule has 1 aromatic carbocycles. The summed E-state index contributed by atoms with van der Waals surface area (Å²) in [6, 6.07) is 9.89. The van der Waals surface area contributed by atoms with Crippen molar-refractivity contribution in [1.82, 2.24) is 4.98 Å². The van der Waals surface area contributed by atoms with E-state index in [4.69, 9.17) is 0 Å². The molecule has 126 valence electrons. The summed E-state index contributed by atoms with van der Waals surface area (Å²) in [6.07, 6.45) is 4.28. The number of carbonyl (C=O) groups excluding carboxylic acids is 1. The lowest BCUT2D eigenvalue weighted by molar-refractivity contribution is -0.115. The highest BCUT2D eigenvalue weighted by atomic mass is 19.1. The zero-order valence-corrected chi connectivity index (χ0v) is 13.8. The van der Waals surface area contributed by atoms with E-state index in [1.807, 2.05) is 12.1 Å². The summed E-state index contributed by atoms with van der Waals surface area (Å²) in [7, 11) is 0. The first kappa shape index (κ1) is 16.4. The summed E-state index contributed by atoms with van der Waals surface area (Å²) in [5, 5.41) is 2.81. The van der Waals surface area contributed by atoms with Crippen molar-refractivity contribution >= 4 is 17.4 Å². The van der Waals surface area contributed by atoms with Gasteiger partial charge in [-0.2, -0.15) is 0 Å². The molecular formula is C19H22FN3O. The molecule has 1 saturated heterocycles. The number of nitrogens with one attached hydrogen (secondary N) is 1. The van der Waals surface area contributed by atoms with Crippen LogP contribution in [-0.4, -0.2) is 24.0 Å². The van der Waals surface area contributed by atoms with Crippen molar-refractivity contribution in [3.63, 3.8) is 0 Å². The minimum atomic E-state index is -0.331. The molecule has 1 amide bonds. The maximum Gasteiger partial charge on any atom is 0.228 e. The number of aromatic nitrogens is 1. The maximum atomic E-state index is 13.1. The van der Waals surface area contributed by atoms with Crippen LogP contribution in [0, 0.1) is 11.7 Å². The molecule has 1 N–H and O–H groups in total. The summed E-state index contributed by atoms with van der Waals surface area (Å²) in [5.74, 6) is 1.12. The normalized spacial score (nSPS) is 17.6. The van der Waals surface area contributed by atoms with Gasteiger partial charge in [0.2, 0.25) is 5.91 Å². The van der Waals surface area contributed by atoms with Gasteiger partial charge in [-0.1, -0.05) is 19.1 Å². The number of pyridine rings is 1. The predicted octanol–water partition coefficient (Wildman–Crippen LogP) is 3.64. The number of carbonyl (C=O) groups is 1. The van der Waals surface area contributed by atoms with Gasteiger partial charge in [0.1, 0.15) is 11.6 Å². The van der Waals surface area contributed by atoms with E-state index in [1.165, 1.54) is 25.0 Å². The highest BCUT2D eigenvalue weighted by Gasteiger charge is 2.17. The summed E-state index contributed by atoms with van der Waals surface area (Å²) in [5.41, 5.74) is 1.31. The number of benzene rings is 1. The topological polar surface area (TPSA) is 45.2 Å². The molecule has 1 atom stereocenters. The largest absolute Gasteiger partial charge is 0.356 e. The smallest absolute Gasteiger partial charge is 0.228 e. The minimum absolute atomic E-state index is 0.142. The molecule has 0 aliphatic carbocycles. The standard InChI is InChI=1S/C19H22FN3O/c1-14-4-3-9-23(13-14)18-8-7-17(12-21-18)22-19(24)11-15-5-2-6-16(20)10-15/h2,5-8,10,12,14H,3-4,9,11,13H2,1H3,(H,22,24). The molecule has 1 unspecified atom stereocenters. The molecule has 2 heterocycles. The fraction of sp³-hybridized carbons (Fsp3) is 0.368. The third-order valence-corrected chi connectivity index (χ3v) is 4.27. The summed E-state index contributed by atoms with van der Waals surface area (Å²) in [4.78, 5) is 18.8. The lowest BCUT2D eigenvalue weighted by Crippen LogP contribution is -2.34. The number of nitrogens with zero attached hydrogens (tertiary/aromatic N) is 2. The highest BCUT2D eigenvalue weighted by Crippen LogP contribution is 2.22. The number of hydrogen-bond acceptors (Lipinski definition) is 3. The fourth-order valence-corrected chi connectivity index (χ4v) is 3.08. The molecule has 4 nitrogen and oxygen atoms in total. The summed E-state index contributed by atoms with van der Waals surface area (Å²) in [6.45, 7) is 4.31. The van der Waals surface area contributed by atoms with E-state index < -0.39 is 0 Å². The van der Waals surface area contributed by atoms with Crippen molar-refractivity contribution in [2.75, 3.05) is 23.3 Å². The number of halogens is 1. The lowest BCUT2D eigenvalue weighted by Gasteiger charge is -2.31. The Balaban J connectivity index is 1.58. The second-order valence-corrected chi connectivity index (χ2v) is 6.45. The Morgan fingerprint density at radius 1 is 1.38 bits per heavy atom. The molecule has 2 aromatic rings. The van der Waals surface area contributed by atoms with Crippen LogP contribution in [0.5, 0.6) is 0 Å². The average Bonchev–Trinajstić information content (AvgIpc) is 2.55. The van der Waals surface area contributed by atoms with Crippen molar-refractivity contribution in [1.29, 1.82) is 0 Å². The highest BCUT2D eigenvalue weighted by molar-refractivity contribution is 5.92. The summed E-state index contributed by atoms with van der Waals surface area (Å²) >= 11 is 0. The number of amides is 1. The van der Waals surface area contributed by atoms with Crippen LogP contribution < -0.4 is 10.2 Å². The second-order valence-electron chi connectivity index (χ2n) is 6.45. The van der Waals surface area contributed by atoms with E-state index in [9.17, 15) is 9.18 Å². The number of piperidine rings is 1. The molecule has 0 spiro atoms. The first-order valence-electron chi connectivity index (χ1n) is 8.35. The van der Waals surface area contributed by atoms with Gasteiger partial charge in [-0.25, -0.2) is 9.37 Å². The predicted molar refractivity (Wildman–Crippen MR) is 93.6 cm³/mol. The van der Waals surface area contributed by atoms with Gasteiger partial charge in [-0.3, -0.25) is 4.79 Å². The van der Waals surface area contributed by atoms with Crippen LogP contribution in [0.25, 0.3) is 0 Å². The Hall–Kier alpha value is -2.43. The Kier molecular flexibility index (Phi) is 5.08. The Labute approximate surface area is 141 Å². The fourth-order valence-electron chi connectivity index (χ4n) is 3.08. The van der Waals surface area contributed by atoms with E-state index in [-0.39, 0.29) is 18.1 Å². The van der Waals surface area contributed by atoms with Gasteiger partial charge in [-0.15, -0.1) is 0 Å². The van der Waals surface area contributed by atoms with Crippen LogP contribution in [0.15, 0.2) is 42.6 Å². The van der Waals surface area contributed by atoms with Crippen molar-refractivity contribution in [3.05, 3.63) is 54.0 Å². The van der Waals surface area contributed by atoms with Gasteiger partial charge < -0.3 is 10.2 Å². The molecule has 1 fully saturated rings. The molecule has 3 rings (SSSR count). The quantitative estimate of drug-likeness (QED) is 0.932. The number of anilines is 2. The zero-order chi connectivity index (χ0) is 16.9. The van der Waals surface area contributed by atoms with Gasteiger partial charge in [0.15, 0.2) is 0 Å². The first-order valence-corrected chi connectivity index (χ1v) is 8.35. The van der Waals surface area contributed by atoms with Crippen LogP contribution in [-0.2, 0) is 11.2 Å². The van der Waals surface area contributed by atoms with Crippen LogP contribution >= 0.6 is 0 Å². The SMILES string of the molecule is CC1CCCN(c2ccc(NC(=O)Cc3cccc(F)c3)cn2)C1. The van der Waals surface area contributed by atoms with Crippen LogP contribution in [0.3, 0.4) is 0 Å². The van der Waals surface area contributed by atoms with E-state index in [2.05, 4.69) is 22.1 Å². The lowest BCUT2D eigenvalue weighted by atomic mass is 10.0. The van der Waals surface area contributed by atoms with Crippen LogP contribution in [0.2, 0.25) is 0 Å². The van der Waals surface area contributed by atoms with E-state index in [0.29, 0.717) is 17.2 Å². The van der Waals surface area contributed by atoms with Crippen LogP contribution in [0.4, 0.5) is 15.9 Å². The van der Waals surface area contributed by atoms with Gasteiger partial charge in [0, 0.05) is 13.1 Å². The van der Waals surface area contributed by atoms with Gasteiger partial charge >= 0.3 is 0 Å². The first-order chi connectivity index (χ1) is 11.6. The molecule has 1 aliphatic rings. The second kappa shape index (κ2) is 7.43. The third-order valence-electron chi connectivity index (χ3n) is 4.27. The molecule has 24 heavy (non-hydrogen) atoms. The molecular weight excluding hydrogens is 305 g/mol. The van der Waals surface area contributed by atoms with E-state index in [1.54, 1.807) is 18.3 Å². The van der Waals surface area contributed by atoms with E-state index in [0.717, 1.165) is 18.9 Å². The molecule has 1 aliphatic heterocycles. The van der Waals surface area contributed by atoms with Gasteiger partial charge in [0.05, 0.1) is 18.3 Å². The molecule has 1 aromatic heterocycles. The Morgan fingerprint density at radius 3 is 2.96 bits per heavy atom. The molecule has 0 radical (unpaired) electrons. The van der Waals surface area contributed by atoms with Gasteiger partial charge in [-0.05, 0) is 48.6 Å². The van der Waals surface area contributed by atoms with Crippen molar-refractivity contribution < 1.29 is 9.18 Å². The molecule has 0 bridgehead atoms. The number of rotatable bonds is 4.